The number of benzene rings is 1. The average molecular weight is 345 g/mol. The van der Waals surface area contributed by atoms with E-state index in [-0.39, 0.29) is 5.91 Å². The lowest BCUT2D eigenvalue weighted by Crippen LogP contribution is -2.25. The molecule has 0 fully saturated rings. The molecule has 18 heavy (non-hydrogen) atoms. The molecule has 2 rings (SSSR count). The van der Waals surface area contributed by atoms with Gasteiger partial charge >= 0.3 is 0 Å². The second kappa shape index (κ2) is 5.87. The van der Waals surface area contributed by atoms with Crippen LogP contribution in [0.4, 0.5) is 0 Å². The van der Waals surface area contributed by atoms with Crippen molar-refractivity contribution < 1.29 is 4.79 Å². The van der Waals surface area contributed by atoms with E-state index in [9.17, 15) is 4.79 Å². The summed E-state index contributed by atoms with van der Waals surface area (Å²) in [6, 6.07) is 9.42. The number of carbonyl (C=O) groups is 1. The molecule has 5 heteroatoms. The average Bonchev–Trinajstić information content (AvgIpc) is 2.74. The Morgan fingerprint density at radius 3 is 2.83 bits per heavy atom. The van der Waals surface area contributed by atoms with E-state index in [4.69, 9.17) is 11.6 Å². The van der Waals surface area contributed by atoms with Gasteiger partial charge in [0.1, 0.15) is 4.88 Å². The molecule has 2 aromatic rings. The topological polar surface area (TPSA) is 20.3 Å². The fourth-order valence-electron chi connectivity index (χ4n) is 1.60. The third-order valence-electron chi connectivity index (χ3n) is 2.47. The highest BCUT2D eigenvalue weighted by atomic mass is 79.9. The highest BCUT2D eigenvalue weighted by molar-refractivity contribution is 9.10. The lowest BCUT2D eigenvalue weighted by Gasteiger charge is -2.16. The van der Waals surface area contributed by atoms with E-state index in [1.807, 2.05) is 35.7 Å². The van der Waals surface area contributed by atoms with E-state index >= 15 is 0 Å². The molecule has 0 aliphatic rings. The summed E-state index contributed by atoms with van der Waals surface area (Å²) in [6.45, 7) is 0.545. The summed E-state index contributed by atoms with van der Waals surface area (Å²) >= 11 is 10.7. The number of hydrogen-bond acceptors (Lipinski definition) is 2. The van der Waals surface area contributed by atoms with Gasteiger partial charge in [0.25, 0.3) is 5.91 Å². The fraction of sp³-hybridized carbons (Fsp3) is 0.154. The molecule has 0 bridgehead atoms. The second-order valence-electron chi connectivity index (χ2n) is 3.89. The van der Waals surface area contributed by atoms with Crippen molar-refractivity contribution in [1.29, 1.82) is 0 Å². The molecule has 0 spiro atoms. The third-order valence-corrected chi connectivity index (χ3v) is 4.53. The van der Waals surface area contributed by atoms with Crippen molar-refractivity contribution >= 4 is 44.8 Å². The normalized spacial score (nSPS) is 10.4. The minimum absolute atomic E-state index is 0.0110. The fourth-order valence-corrected chi connectivity index (χ4v) is 3.35. The molecule has 0 N–H and O–H groups in total. The van der Waals surface area contributed by atoms with E-state index in [0.29, 0.717) is 11.6 Å². The molecule has 94 valence electrons. The van der Waals surface area contributed by atoms with Gasteiger partial charge < -0.3 is 4.90 Å². The Morgan fingerprint density at radius 2 is 2.22 bits per heavy atom. The smallest absolute Gasteiger partial charge is 0.265 e. The highest BCUT2D eigenvalue weighted by Gasteiger charge is 2.16. The van der Waals surface area contributed by atoms with Gasteiger partial charge in [-0.2, -0.15) is 0 Å². The molecule has 1 aromatic heterocycles. The SMILES string of the molecule is CN(Cc1cccc(Cl)c1)C(=O)c1sccc1Br. The van der Waals surface area contributed by atoms with Crippen molar-refractivity contribution in [3.8, 4) is 0 Å². The Morgan fingerprint density at radius 1 is 1.44 bits per heavy atom. The number of nitrogens with zero attached hydrogens (tertiary/aromatic N) is 1. The van der Waals surface area contributed by atoms with E-state index in [1.54, 1.807) is 11.9 Å². The monoisotopic (exact) mass is 343 g/mol. The Labute approximate surface area is 123 Å². The van der Waals surface area contributed by atoms with Crippen LogP contribution in [0.2, 0.25) is 5.02 Å². The second-order valence-corrected chi connectivity index (χ2v) is 6.10. The van der Waals surface area contributed by atoms with Gasteiger partial charge in [-0.1, -0.05) is 23.7 Å². The Kier molecular flexibility index (Phi) is 4.43. The first-order valence-electron chi connectivity index (χ1n) is 5.31. The van der Waals surface area contributed by atoms with Crippen molar-refractivity contribution in [1.82, 2.24) is 4.90 Å². The number of thiophene rings is 1. The molecule has 1 heterocycles. The van der Waals surface area contributed by atoms with Crippen LogP contribution in [0, 0.1) is 0 Å². The zero-order valence-electron chi connectivity index (χ0n) is 9.69. The van der Waals surface area contributed by atoms with Crippen LogP contribution >= 0.6 is 38.9 Å². The molecule has 2 nitrogen and oxygen atoms in total. The zero-order chi connectivity index (χ0) is 13.1. The standard InChI is InChI=1S/C13H11BrClNOS/c1-16(8-9-3-2-4-10(15)7-9)13(17)12-11(14)5-6-18-12/h2-7H,8H2,1H3. The van der Waals surface area contributed by atoms with E-state index in [2.05, 4.69) is 15.9 Å². The van der Waals surface area contributed by atoms with Crippen LogP contribution in [0.3, 0.4) is 0 Å². The van der Waals surface area contributed by atoms with Gasteiger partial charge in [-0.25, -0.2) is 0 Å². The molecule has 0 unspecified atom stereocenters. The maximum atomic E-state index is 12.2. The molecule has 1 aromatic carbocycles. The van der Waals surface area contributed by atoms with E-state index in [1.165, 1.54) is 11.3 Å². The van der Waals surface area contributed by atoms with Crippen LogP contribution in [0.1, 0.15) is 15.2 Å². The van der Waals surface area contributed by atoms with Crippen LogP contribution in [0.25, 0.3) is 0 Å². The van der Waals surface area contributed by atoms with Crippen LogP contribution in [-0.4, -0.2) is 17.9 Å². The number of halogens is 2. The van der Waals surface area contributed by atoms with Crippen LogP contribution < -0.4 is 0 Å². The van der Waals surface area contributed by atoms with Crippen LogP contribution in [0.5, 0.6) is 0 Å². The summed E-state index contributed by atoms with van der Waals surface area (Å²) in [5.41, 5.74) is 1.02. The molecule has 0 saturated carbocycles. The van der Waals surface area contributed by atoms with E-state index < -0.39 is 0 Å². The van der Waals surface area contributed by atoms with Gasteiger partial charge in [0.05, 0.1) is 0 Å². The summed E-state index contributed by atoms with van der Waals surface area (Å²) in [5, 5.41) is 2.58. The first-order chi connectivity index (χ1) is 8.58. The third kappa shape index (κ3) is 3.13. The number of amides is 1. The highest BCUT2D eigenvalue weighted by Crippen LogP contribution is 2.24. The molecule has 0 saturated heterocycles. The summed E-state index contributed by atoms with van der Waals surface area (Å²) in [6.07, 6.45) is 0. The van der Waals surface area contributed by atoms with Crippen molar-refractivity contribution in [3.05, 3.63) is 55.6 Å². The van der Waals surface area contributed by atoms with Gasteiger partial charge in [0.2, 0.25) is 0 Å². The molecule has 1 amide bonds. The lowest BCUT2D eigenvalue weighted by atomic mass is 10.2. The molecule has 0 aliphatic heterocycles. The Hall–Kier alpha value is -0.840. The number of hydrogen-bond donors (Lipinski definition) is 0. The first-order valence-corrected chi connectivity index (χ1v) is 7.36. The quantitative estimate of drug-likeness (QED) is 0.806. The van der Waals surface area contributed by atoms with Crippen molar-refractivity contribution in [2.75, 3.05) is 7.05 Å². The van der Waals surface area contributed by atoms with Crippen molar-refractivity contribution in [2.45, 2.75) is 6.54 Å². The summed E-state index contributed by atoms with van der Waals surface area (Å²) in [4.78, 5) is 14.6. The van der Waals surface area contributed by atoms with Gasteiger partial charge in [-0.3, -0.25) is 4.79 Å². The van der Waals surface area contributed by atoms with Gasteiger partial charge in [-0.15, -0.1) is 11.3 Å². The van der Waals surface area contributed by atoms with Gasteiger partial charge in [0, 0.05) is 23.1 Å². The molecule has 0 atom stereocenters. The Bertz CT molecular complexity index is 570. The number of carbonyl (C=O) groups excluding carboxylic acids is 1. The van der Waals surface area contributed by atoms with Crippen LogP contribution in [-0.2, 0) is 6.54 Å². The Balaban J connectivity index is 2.11. The molecule has 0 radical (unpaired) electrons. The van der Waals surface area contributed by atoms with E-state index in [0.717, 1.165) is 14.9 Å². The minimum atomic E-state index is 0.0110. The van der Waals surface area contributed by atoms with Gasteiger partial charge in [0.15, 0.2) is 0 Å². The number of rotatable bonds is 3. The summed E-state index contributed by atoms with van der Waals surface area (Å²) < 4.78 is 0.843. The minimum Gasteiger partial charge on any atom is -0.337 e. The maximum Gasteiger partial charge on any atom is 0.265 e. The van der Waals surface area contributed by atoms with Crippen molar-refractivity contribution in [2.24, 2.45) is 0 Å². The van der Waals surface area contributed by atoms with Gasteiger partial charge in [-0.05, 0) is 45.1 Å². The molecular formula is C13H11BrClNOS. The lowest BCUT2D eigenvalue weighted by molar-refractivity contribution is 0.0789. The predicted molar refractivity (Wildman–Crippen MR) is 79.3 cm³/mol. The zero-order valence-corrected chi connectivity index (χ0v) is 12.8. The predicted octanol–water partition coefficient (Wildman–Crippen LogP) is 4.44. The molecular weight excluding hydrogens is 334 g/mol. The van der Waals surface area contributed by atoms with Crippen molar-refractivity contribution in [3.63, 3.8) is 0 Å². The van der Waals surface area contributed by atoms with Crippen LogP contribution in [0.15, 0.2) is 40.2 Å². The molecule has 0 aliphatic carbocycles. The first kappa shape index (κ1) is 13.6. The summed E-state index contributed by atoms with van der Waals surface area (Å²) in [7, 11) is 1.79. The maximum absolute atomic E-state index is 12.2. The largest absolute Gasteiger partial charge is 0.337 e. The summed E-state index contributed by atoms with van der Waals surface area (Å²) in [5.74, 6) is 0.0110.